The second kappa shape index (κ2) is 13.0. The summed E-state index contributed by atoms with van der Waals surface area (Å²) in [6.07, 6.45) is 1.09. The summed E-state index contributed by atoms with van der Waals surface area (Å²) in [5, 5.41) is -1.82. The van der Waals surface area contributed by atoms with Crippen LogP contribution in [0.15, 0.2) is 17.1 Å². The molecule has 1 aromatic heterocycles. The molecule has 0 saturated carbocycles. The van der Waals surface area contributed by atoms with E-state index in [0.717, 1.165) is 11.1 Å². The van der Waals surface area contributed by atoms with E-state index in [4.69, 9.17) is 46.2 Å². The van der Waals surface area contributed by atoms with E-state index in [-0.39, 0.29) is 36.5 Å². The zero-order valence-electron chi connectivity index (χ0n) is 24.7. The molecule has 0 fully saturated rings. The summed E-state index contributed by atoms with van der Waals surface area (Å²) in [7, 11) is 12.0. The van der Waals surface area contributed by atoms with Gasteiger partial charge in [-0.05, 0) is 35.8 Å². The van der Waals surface area contributed by atoms with Gasteiger partial charge in [0.15, 0.2) is 0 Å². The van der Waals surface area contributed by atoms with E-state index in [1.807, 2.05) is 61.5 Å². The summed E-state index contributed by atoms with van der Waals surface area (Å²) in [5.41, 5.74) is 1.44. The van der Waals surface area contributed by atoms with Gasteiger partial charge in [0.25, 0.3) is 0 Å². The number of benzene rings is 1. The van der Waals surface area contributed by atoms with Crippen molar-refractivity contribution in [2.75, 3.05) is 7.11 Å². The molecule has 2 heterocycles. The second-order valence-electron chi connectivity index (χ2n) is 11.4. The highest BCUT2D eigenvalue weighted by Gasteiger charge is 2.39. The first kappa shape index (κ1) is 33.7. The van der Waals surface area contributed by atoms with Gasteiger partial charge in [0.1, 0.15) is 31.9 Å². The Morgan fingerprint density at radius 1 is 1.18 bits per heavy atom. The number of methoxy groups -OCH3 is 1. The van der Waals surface area contributed by atoms with Crippen molar-refractivity contribution in [1.29, 1.82) is 0 Å². The molecule has 0 amide bonds. The van der Waals surface area contributed by atoms with Gasteiger partial charge >= 0.3 is 14.3 Å². The third-order valence-electron chi connectivity index (χ3n) is 6.25. The van der Waals surface area contributed by atoms with Crippen LogP contribution in [0.5, 0.6) is 5.75 Å². The molecule has 1 N–H and O–H groups in total. The lowest BCUT2D eigenvalue weighted by atomic mass is 9.61. The lowest BCUT2D eigenvalue weighted by molar-refractivity contribution is 0.000850. The number of fused-ring (bicyclic) bond motifs is 1. The number of hydrogen-bond donors (Lipinski definition) is 1. The molecule has 2 unspecified atom stereocenters. The molecule has 12 heteroatoms. The molecular formula is C27H40B2FN2O5PS. The second-order valence-corrected chi connectivity index (χ2v) is 12.9. The molecule has 4 radical (unpaired) electrons. The highest BCUT2D eigenvalue weighted by molar-refractivity contribution is 7.71. The van der Waals surface area contributed by atoms with E-state index in [9.17, 15) is 4.79 Å². The molecule has 0 spiro atoms. The van der Waals surface area contributed by atoms with E-state index < -0.39 is 25.5 Å². The normalized spacial score (nSPS) is 16.5. The number of ether oxygens (including phenoxy) is 1. The van der Waals surface area contributed by atoms with Gasteiger partial charge in [0.05, 0.1) is 18.3 Å². The number of halogens is 1. The molecule has 39 heavy (non-hydrogen) atoms. The number of nitrogens with one attached hydrogen (secondary N) is 1. The number of aromatic nitrogens is 2. The minimum atomic E-state index is -2.06. The summed E-state index contributed by atoms with van der Waals surface area (Å²) < 4.78 is 40.6. The first-order valence-corrected chi connectivity index (χ1v) is 14.5. The SMILES string of the molecule is CC.[B]C([B])(OP1OCc2c(F)c(C(C)(C)C)cc(C(C)(C)C)c2O1)C(CCn1cc(C)c(=S)[nH]c1=O)OC. The van der Waals surface area contributed by atoms with Gasteiger partial charge < -0.3 is 18.4 Å². The Morgan fingerprint density at radius 3 is 2.31 bits per heavy atom. The molecule has 3 rings (SSSR count). The number of hydrogen-bond acceptors (Lipinski definition) is 6. The van der Waals surface area contributed by atoms with E-state index in [0.29, 0.717) is 21.5 Å². The molecule has 2 atom stereocenters. The molecule has 2 aromatic rings. The first-order chi connectivity index (χ1) is 18.0. The van der Waals surface area contributed by atoms with Crippen LogP contribution >= 0.6 is 20.8 Å². The van der Waals surface area contributed by atoms with Crippen molar-refractivity contribution in [1.82, 2.24) is 9.55 Å². The molecule has 1 aliphatic heterocycles. The van der Waals surface area contributed by atoms with Crippen molar-refractivity contribution in [2.24, 2.45) is 0 Å². The van der Waals surface area contributed by atoms with Crippen LogP contribution in [0.1, 0.15) is 84.1 Å². The van der Waals surface area contributed by atoms with Gasteiger partial charge in [-0.2, -0.15) is 0 Å². The first-order valence-electron chi connectivity index (χ1n) is 13.0. The average molecular weight is 576 g/mol. The van der Waals surface area contributed by atoms with Crippen molar-refractivity contribution in [3.63, 3.8) is 0 Å². The van der Waals surface area contributed by atoms with Crippen molar-refractivity contribution < 1.29 is 22.7 Å². The third-order valence-corrected chi connectivity index (χ3v) is 7.81. The molecule has 1 aliphatic rings. The fourth-order valence-corrected chi connectivity index (χ4v) is 5.30. The maximum atomic E-state index is 15.5. The van der Waals surface area contributed by atoms with E-state index in [2.05, 4.69) is 4.98 Å². The van der Waals surface area contributed by atoms with Crippen LogP contribution in [0, 0.1) is 17.4 Å². The lowest BCUT2D eigenvalue weighted by Crippen LogP contribution is -2.47. The Morgan fingerprint density at radius 2 is 1.77 bits per heavy atom. The van der Waals surface area contributed by atoms with Crippen LogP contribution < -0.4 is 10.2 Å². The zero-order valence-corrected chi connectivity index (χ0v) is 26.4. The van der Waals surface area contributed by atoms with Crippen LogP contribution in [0.2, 0.25) is 0 Å². The minimum Gasteiger partial charge on any atom is -0.426 e. The molecule has 212 valence electrons. The van der Waals surface area contributed by atoms with Gasteiger partial charge in [-0.25, -0.2) is 9.18 Å². The number of aromatic amines is 1. The zero-order chi connectivity index (χ0) is 29.9. The van der Waals surface area contributed by atoms with E-state index in [1.54, 1.807) is 13.1 Å². The van der Waals surface area contributed by atoms with Crippen molar-refractivity contribution >= 4 is 36.5 Å². The molecular weight excluding hydrogens is 536 g/mol. The van der Waals surface area contributed by atoms with Crippen LogP contribution in [0.25, 0.3) is 0 Å². The quantitative estimate of drug-likeness (QED) is 0.240. The summed E-state index contributed by atoms with van der Waals surface area (Å²) >= 11 is 5.10. The standard InChI is InChI=1S/C25H34B2FN2O5PS.C2H6/c1-14-12-30(22(31)29-21(14)37)10-9-18(32-8)25(26,27)35-36-33-13-15-19(28)16(23(2,3)4)11-17(20(15)34-36)24(5,6)7;1-2/h11-12,18H,9-10,13H2,1-8H3,(H,29,31,37);1-2H3. The monoisotopic (exact) mass is 576 g/mol. The Labute approximate surface area is 241 Å². The van der Waals surface area contributed by atoms with Gasteiger partial charge in [-0.1, -0.05) is 67.6 Å². The average Bonchev–Trinajstić information content (AvgIpc) is 2.82. The minimum absolute atomic E-state index is 0.0501. The predicted molar refractivity (Wildman–Crippen MR) is 159 cm³/mol. The highest BCUT2D eigenvalue weighted by Crippen LogP contribution is 2.54. The maximum Gasteiger partial charge on any atom is 0.396 e. The number of nitrogens with zero attached hydrogens (tertiary/aromatic N) is 1. The van der Waals surface area contributed by atoms with Crippen LogP contribution in [0.4, 0.5) is 4.39 Å². The Bertz CT molecular complexity index is 1270. The van der Waals surface area contributed by atoms with Crippen LogP contribution in [-0.2, 0) is 37.8 Å². The van der Waals surface area contributed by atoms with Crippen molar-refractivity contribution in [3.05, 3.63) is 55.5 Å². The Kier molecular flexibility index (Phi) is 11.2. The maximum absolute atomic E-state index is 15.5. The molecule has 7 nitrogen and oxygen atoms in total. The third kappa shape index (κ3) is 8.04. The fraction of sp³-hybridized carbons (Fsp3) is 0.630. The predicted octanol–water partition coefficient (Wildman–Crippen LogP) is 6.22. The number of aryl methyl sites for hydroxylation is 2. The fourth-order valence-electron chi connectivity index (χ4n) is 4.05. The van der Waals surface area contributed by atoms with E-state index >= 15 is 4.39 Å². The van der Waals surface area contributed by atoms with Crippen LogP contribution in [-0.4, -0.2) is 43.9 Å². The molecule has 0 bridgehead atoms. The lowest BCUT2D eigenvalue weighted by Gasteiger charge is -2.39. The van der Waals surface area contributed by atoms with Gasteiger partial charge in [0.2, 0.25) is 0 Å². The topological polar surface area (TPSA) is 74.7 Å². The van der Waals surface area contributed by atoms with Gasteiger partial charge in [0, 0.05) is 36.4 Å². The van der Waals surface area contributed by atoms with Crippen molar-refractivity contribution in [2.45, 2.75) is 104 Å². The smallest absolute Gasteiger partial charge is 0.396 e. The number of H-pyrrole nitrogens is 1. The Balaban J connectivity index is 0.00000260. The summed E-state index contributed by atoms with van der Waals surface area (Å²) in [6.45, 7) is 18.0. The molecule has 1 aromatic carbocycles. The molecule has 0 saturated heterocycles. The largest absolute Gasteiger partial charge is 0.426 e. The van der Waals surface area contributed by atoms with Gasteiger partial charge in [-0.15, -0.1) is 0 Å². The van der Waals surface area contributed by atoms with Crippen LogP contribution in [0.3, 0.4) is 0 Å². The van der Waals surface area contributed by atoms with Crippen molar-refractivity contribution in [3.8, 4) is 5.75 Å². The summed E-state index contributed by atoms with van der Waals surface area (Å²) in [6, 6.07) is 1.86. The summed E-state index contributed by atoms with van der Waals surface area (Å²) in [4.78, 5) is 14.9. The highest BCUT2D eigenvalue weighted by atomic mass is 32.1. The van der Waals surface area contributed by atoms with Gasteiger partial charge in [-0.3, -0.25) is 9.51 Å². The summed E-state index contributed by atoms with van der Waals surface area (Å²) in [5.74, 6) is 0.0380. The van der Waals surface area contributed by atoms with E-state index in [1.165, 1.54) is 11.7 Å². The molecule has 0 aliphatic carbocycles. The Hall–Kier alpha value is -1.51. The number of rotatable bonds is 7.